The third-order valence-electron chi connectivity index (χ3n) is 12.8. The van der Waals surface area contributed by atoms with Gasteiger partial charge in [-0.3, -0.25) is 9.13 Å². The van der Waals surface area contributed by atoms with Gasteiger partial charge in [-0.1, -0.05) is 158 Å². The first-order valence-electron chi connectivity index (χ1n) is 20.8. The molecule has 0 radical (unpaired) electrons. The second-order valence-corrected chi connectivity index (χ2v) is 19.8. The Hall–Kier alpha value is -7.48. The quantitative estimate of drug-likeness (QED) is 0.119. The molecule has 0 atom stereocenters. The Morgan fingerprint density at radius 3 is 1.23 bits per heavy atom. The van der Waals surface area contributed by atoms with Crippen molar-refractivity contribution in [2.75, 3.05) is 0 Å². The molecule has 6 nitrogen and oxygen atoms in total. The summed E-state index contributed by atoms with van der Waals surface area (Å²) in [6.45, 7) is 8.48. The van der Waals surface area contributed by atoms with Crippen molar-refractivity contribution in [3.05, 3.63) is 204 Å². The van der Waals surface area contributed by atoms with Crippen LogP contribution >= 0.6 is 0 Å². The zero-order chi connectivity index (χ0) is 41.2. The zero-order valence-electron chi connectivity index (χ0n) is 34.5. The molecule has 7 heteroatoms. The molecule has 0 aliphatic rings. The van der Waals surface area contributed by atoms with Gasteiger partial charge in [0, 0.05) is 27.2 Å². The topological polar surface area (TPSA) is 61.4 Å². The van der Waals surface area contributed by atoms with Crippen LogP contribution in [0.15, 0.2) is 182 Å². The van der Waals surface area contributed by atoms with E-state index >= 15 is 0 Å². The summed E-state index contributed by atoms with van der Waals surface area (Å²) in [5.74, 6) is 1.62. The van der Waals surface area contributed by atoms with E-state index in [0.29, 0.717) is 17.7 Å². The fourth-order valence-electron chi connectivity index (χ4n) is 9.57. The first-order valence-corrected chi connectivity index (χ1v) is 22.8. The summed E-state index contributed by atoms with van der Waals surface area (Å²) in [6, 6.07) is 65.9. The Bertz CT molecular complexity index is 3310. The van der Waals surface area contributed by atoms with Gasteiger partial charge in [-0.25, -0.2) is 4.98 Å². The molecule has 0 saturated heterocycles. The molecule has 0 bridgehead atoms. The van der Waals surface area contributed by atoms with Crippen molar-refractivity contribution in [2.45, 2.75) is 27.7 Å². The number of aryl methyl sites for hydroxylation is 1. The largest absolute Gasteiger partial charge is 0.278 e. The fourth-order valence-corrected chi connectivity index (χ4v) is 14.3. The average molecular weight is 803 g/mol. The molecular formula is C54H42N6Si. The van der Waals surface area contributed by atoms with Crippen molar-refractivity contribution in [1.82, 2.24) is 29.1 Å². The third-order valence-corrected chi connectivity index (χ3v) is 17.6. The number of aromatic nitrogens is 6. The normalized spacial score (nSPS) is 11.9. The van der Waals surface area contributed by atoms with Gasteiger partial charge in [-0.2, -0.15) is 15.0 Å². The van der Waals surface area contributed by atoms with Crippen LogP contribution in [0.3, 0.4) is 0 Å². The van der Waals surface area contributed by atoms with Crippen LogP contribution in [-0.2, 0) is 0 Å². The number of benzene rings is 7. The monoisotopic (exact) mass is 802 g/mol. The molecule has 0 fully saturated rings. The zero-order valence-corrected chi connectivity index (χ0v) is 35.5. The van der Waals surface area contributed by atoms with Gasteiger partial charge in [-0.15, -0.1) is 0 Å². The summed E-state index contributed by atoms with van der Waals surface area (Å²) in [6.07, 6.45) is 0. The highest BCUT2D eigenvalue weighted by Crippen LogP contribution is 2.35. The predicted octanol–water partition coefficient (Wildman–Crippen LogP) is 9.74. The highest BCUT2D eigenvalue weighted by atomic mass is 28.3. The Kier molecular flexibility index (Phi) is 8.61. The van der Waals surface area contributed by atoms with Crippen molar-refractivity contribution in [3.8, 4) is 23.4 Å². The smallest absolute Gasteiger partial charge is 0.240 e. The summed E-state index contributed by atoms with van der Waals surface area (Å²) < 4.78 is 4.39. The van der Waals surface area contributed by atoms with Crippen LogP contribution in [0.5, 0.6) is 0 Å². The maximum atomic E-state index is 5.44. The molecule has 0 aliphatic heterocycles. The molecule has 11 rings (SSSR count). The summed E-state index contributed by atoms with van der Waals surface area (Å²) in [7, 11) is -2.81. The minimum Gasteiger partial charge on any atom is -0.278 e. The van der Waals surface area contributed by atoms with E-state index in [1.165, 1.54) is 31.9 Å². The van der Waals surface area contributed by atoms with Crippen LogP contribution in [0.1, 0.15) is 22.4 Å². The van der Waals surface area contributed by atoms with Gasteiger partial charge in [0.25, 0.3) is 0 Å². The first-order chi connectivity index (χ1) is 29.9. The average Bonchev–Trinajstić information content (AvgIpc) is 3.83. The molecule has 0 unspecified atom stereocenters. The maximum absolute atomic E-state index is 5.44. The molecule has 0 aliphatic carbocycles. The number of nitrogens with zero attached hydrogens (tertiary/aromatic N) is 6. The van der Waals surface area contributed by atoms with Gasteiger partial charge in [0.05, 0.1) is 22.1 Å². The number of hydrogen-bond acceptors (Lipinski definition) is 4. The SMILES string of the molecule is Cc1nc(-c2nc(-n3c4ccccc4c4ccccc43)nc(-n3c4ccccc4c4cc([Si](c5ccccc5)(c5ccccc5)c5ccccc5)ccc43)n2)c(C)c(C)c1C. The number of pyridine rings is 1. The molecule has 292 valence electrons. The number of rotatable bonds is 7. The van der Waals surface area contributed by atoms with Gasteiger partial charge >= 0.3 is 0 Å². The van der Waals surface area contributed by atoms with Crippen LogP contribution in [0.4, 0.5) is 0 Å². The number of para-hydroxylation sites is 3. The Balaban J connectivity index is 1.23. The van der Waals surface area contributed by atoms with Crippen molar-refractivity contribution in [1.29, 1.82) is 0 Å². The summed E-state index contributed by atoms with van der Waals surface area (Å²) >= 11 is 0. The van der Waals surface area contributed by atoms with Crippen LogP contribution in [0, 0.1) is 27.7 Å². The molecule has 0 N–H and O–H groups in total. The highest BCUT2D eigenvalue weighted by molar-refractivity contribution is 7.20. The van der Waals surface area contributed by atoms with Crippen LogP contribution in [0.2, 0.25) is 0 Å². The summed E-state index contributed by atoms with van der Waals surface area (Å²) in [4.78, 5) is 21.3. The van der Waals surface area contributed by atoms with Crippen LogP contribution in [0.25, 0.3) is 67.0 Å². The second kappa shape index (κ2) is 14.4. The van der Waals surface area contributed by atoms with Crippen LogP contribution in [-0.4, -0.2) is 37.1 Å². The Morgan fingerprint density at radius 2 is 0.754 bits per heavy atom. The van der Waals surface area contributed by atoms with E-state index in [1.807, 2.05) is 0 Å². The van der Waals surface area contributed by atoms with Crippen molar-refractivity contribution in [3.63, 3.8) is 0 Å². The highest BCUT2D eigenvalue weighted by Gasteiger charge is 2.41. The van der Waals surface area contributed by atoms with Crippen molar-refractivity contribution in [2.24, 2.45) is 0 Å². The molecular weight excluding hydrogens is 761 g/mol. The first kappa shape index (κ1) is 36.6. The predicted molar refractivity (Wildman–Crippen MR) is 254 cm³/mol. The minimum absolute atomic E-state index is 0.538. The number of fused-ring (bicyclic) bond motifs is 6. The van der Waals surface area contributed by atoms with Gasteiger partial charge in [0.1, 0.15) is 5.69 Å². The lowest BCUT2D eigenvalue weighted by atomic mass is 10.0. The third kappa shape index (κ3) is 5.61. The second-order valence-electron chi connectivity index (χ2n) is 16.0. The van der Waals surface area contributed by atoms with E-state index in [-0.39, 0.29) is 0 Å². The maximum Gasteiger partial charge on any atom is 0.240 e. The van der Waals surface area contributed by atoms with Crippen molar-refractivity contribution < 1.29 is 0 Å². The molecule has 11 aromatic rings. The molecule has 4 aromatic heterocycles. The standard InChI is InChI=1S/C54H42N6Si/c1-35-36(2)38(4)55-51(37(35)3)52-56-53(59-47-29-17-14-26-43(47)44-27-15-18-30-48(44)59)58-54(57-52)60-49-31-19-16-28-45(49)46-34-42(32-33-50(46)60)61(39-20-8-5-9-21-39,40-22-10-6-11-23-40)41-24-12-7-13-25-41/h5-34H,1-4H3. The summed E-state index contributed by atoms with van der Waals surface area (Å²) in [5.41, 5.74) is 9.26. The van der Waals surface area contributed by atoms with E-state index in [4.69, 9.17) is 19.9 Å². The summed E-state index contributed by atoms with van der Waals surface area (Å²) in [5, 5.41) is 9.87. The van der Waals surface area contributed by atoms with E-state index in [1.54, 1.807) is 0 Å². The molecule has 61 heavy (non-hydrogen) atoms. The minimum atomic E-state index is -2.81. The van der Waals surface area contributed by atoms with Crippen LogP contribution < -0.4 is 20.7 Å². The van der Waals surface area contributed by atoms with Gasteiger partial charge in [-0.05, 0) is 89.4 Å². The molecule has 4 heterocycles. The fraction of sp³-hybridized carbons (Fsp3) is 0.0741. The van der Waals surface area contributed by atoms with Gasteiger partial charge < -0.3 is 0 Å². The van der Waals surface area contributed by atoms with Gasteiger partial charge in [0.15, 0.2) is 13.9 Å². The molecule has 7 aromatic carbocycles. The van der Waals surface area contributed by atoms with Gasteiger partial charge in [0.2, 0.25) is 11.9 Å². The van der Waals surface area contributed by atoms with Crippen molar-refractivity contribution >= 4 is 72.4 Å². The lowest BCUT2D eigenvalue weighted by Gasteiger charge is -2.34. The molecule has 0 saturated carbocycles. The lowest BCUT2D eigenvalue weighted by molar-refractivity contribution is 0.886. The van der Waals surface area contributed by atoms with E-state index in [0.717, 1.165) is 60.6 Å². The van der Waals surface area contributed by atoms with E-state index in [9.17, 15) is 0 Å². The van der Waals surface area contributed by atoms with E-state index in [2.05, 4.69) is 219 Å². The Labute approximate surface area is 355 Å². The molecule has 0 spiro atoms. The molecule has 0 amide bonds. The van der Waals surface area contributed by atoms with E-state index < -0.39 is 8.07 Å². The Morgan fingerprint density at radius 1 is 0.344 bits per heavy atom. The lowest BCUT2D eigenvalue weighted by Crippen LogP contribution is -2.74. The number of hydrogen-bond donors (Lipinski definition) is 0.